The third kappa shape index (κ3) is 7.58. The number of pyridine rings is 1. The van der Waals surface area contributed by atoms with E-state index in [4.69, 9.17) is 9.84 Å². The lowest BCUT2D eigenvalue weighted by atomic mass is 9.56. The number of nitrogens with one attached hydrogen (secondary N) is 2. The molecule has 2 saturated heterocycles. The molecule has 3 amide bonds. The van der Waals surface area contributed by atoms with Gasteiger partial charge in [-0.2, -0.15) is 18.3 Å². The molecular formula is C44H49F3N8O5. The maximum absolute atomic E-state index is 13.4. The fraction of sp³-hybridized carbons (Fsp3) is 0.500. The number of anilines is 1. The number of aromatic nitrogens is 5. The third-order valence-corrected chi connectivity index (χ3v) is 13.6. The van der Waals surface area contributed by atoms with E-state index in [0.29, 0.717) is 40.6 Å². The van der Waals surface area contributed by atoms with Crippen LogP contribution in [0.4, 0.5) is 18.9 Å². The Bertz CT molecular complexity index is 2540. The van der Waals surface area contributed by atoms with Gasteiger partial charge in [-0.15, -0.1) is 0 Å². The number of imide groups is 1. The zero-order valence-electron chi connectivity index (χ0n) is 33.8. The number of carbonyl (C=O) groups excluding carboxylic acids is 3. The third-order valence-electron chi connectivity index (χ3n) is 13.6. The SMILES string of the molecule is COc1cc2nn([C@H]3CC[C@H](CN4CCC5(CC4)CC(Cc4cccc6c4n(C)c(=O)n6C4CCC(=O)NC4=O)C5)CC3)cc2cc1NC(=O)c1cccc(C(F)(F)F)n1. The molecule has 1 unspecified atom stereocenters. The summed E-state index contributed by atoms with van der Waals surface area (Å²) in [6.07, 6.45) is 7.77. The second-order valence-corrected chi connectivity index (χ2v) is 17.5. The molecule has 316 valence electrons. The highest BCUT2D eigenvalue weighted by Gasteiger charge is 2.46. The van der Waals surface area contributed by atoms with Crippen LogP contribution in [0.2, 0.25) is 0 Å². The Balaban J connectivity index is 0.763. The number of amides is 3. The summed E-state index contributed by atoms with van der Waals surface area (Å²) in [4.78, 5) is 56.9. The number of carbonyl (C=O) groups is 3. The number of benzene rings is 2. The van der Waals surface area contributed by atoms with Crippen molar-refractivity contribution in [2.45, 2.75) is 88.9 Å². The predicted octanol–water partition coefficient (Wildman–Crippen LogP) is 6.81. The highest BCUT2D eigenvalue weighted by atomic mass is 19.4. The van der Waals surface area contributed by atoms with Crippen LogP contribution in [0.1, 0.15) is 98.0 Å². The van der Waals surface area contributed by atoms with Crippen molar-refractivity contribution in [3.05, 3.63) is 82.2 Å². The molecule has 1 spiro atoms. The normalized spacial score (nSPS) is 22.6. The van der Waals surface area contributed by atoms with Gasteiger partial charge < -0.3 is 15.0 Å². The second-order valence-electron chi connectivity index (χ2n) is 17.5. The minimum Gasteiger partial charge on any atom is -0.494 e. The lowest BCUT2D eigenvalue weighted by molar-refractivity contribution is -0.141. The van der Waals surface area contributed by atoms with Gasteiger partial charge in [0, 0.05) is 37.7 Å². The van der Waals surface area contributed by atoms with Gasteiger partial charge in [0.25, 0.3) is 5.91 Å². The fourth-order valence-corrected chi connectivity index (χ4v) is 10.5. The molecular weight excluding hydrogens is 778 g/mol. The minimum atomic E-state index is -4.66. The van der Waals surface area contributed by atoms with Crippen molar-refractivity contribution in [3.8, 4) is 5.75 Å². The lowest BCUT2D eigenvalue weighted by Crippen LogP contribution is -2.48. The Morgan fingerprint density at radius 3 is 2.45 bits per heavy atom. The zero-order valence-corrected chi connectivity index (χ0v) is 33.8. The van der Waals surface area contributed by atoms with Crippen LogP contribution in [-0.4, -0.2) is 73.3 Å². The maximum atomic E-state index is 13.4. The van der Waals surface area contributed by atoms with Gasteiger partial charge in [-0.1, -0.05) is 18.2 Å². The van der Waals surface area contributed by atoms with E-state index in [1.807, 2.05) is 23.0 Å². The van der Waals surface area contributed by atoms with Crippen LogP contribution < -0.4 is 21.1 Å². The van der Waals surface area contributed by atoms with Crippen LogP contribution in [0.25, 0.3) is 21.9 Å². The smallest absolute Gasteiger partial charge is 0.433 e. The highest BCUT2D eigenvalue weighted by Crippen LogP contribution is 2.54. The van der Waals surface area contributed by atoms with Crippen molar-refractivity contribution in [1.82, 2.24) is 34.1 Å². The van der Waals surface area contributed by atoms with Gasteiger partial charge in [-0.25, -0.2) is 9.78 Å². The number of halogens is 3. The van der Waals surface area contributed by atoms with Gasteiger partial charge in [0.1, 0.15) is 23.2 Å². The van der Waals surface area contributed by atoms with E-state index in [0.717, 1.165) is 85.9 Å². The number of hydrogen-bond donors (Lipinski definition) is 2. The number of ether oxygens (including phenoxy) is 1. The molecule has 2 N–H and O–H groups in total. The molecule has 4 aliphatic rings. The quantitative estimate of drug-likeness (QED) is 0.154. The van der Waals surface area contributed by atoms with E-state index < -0.39 is 29.7 Å². The number of piperidine rings is 2. The monoisotopic (exact) mass is 826 g/mol. The molecule has 4 fully saturated rings. The number of likely N-dealkylation sites (tertiary alicyclic amines) is 1. The molecule has 2 aliphatic heterocycles. The standard InChI is InChI=1S/C44H49F3N8O5/c1-52-39-28(5-3-7-34(39)55(42(52)59)35-13-14-38(56)50-41(35)58)19-27-22-43(23-27)15-17-53(18-16-43)24-26-9-11-30(12-10-26)54-25-29-20-33(36(60-2)21-32(29)51-54)49-40(57)31-6-4-8-37(48-31)44(45,46)47/h3-8,20-21,25-27,30,35H,9-19,22-24H2,1-2H3,(H,49,57)(H,50,56,58)/t26-,30-,35?. The van der Waals surface area contributed by atoms with Gasteiger partial charge in [0.05, 0.1) is 35.4 Å². The molecule has 1 atom stereocenters. The van der Waals surface area contributed by atoms with Crippen LogP contribution in [-0.2, 0) is 29.2 Å². The van der Waals surface area contributed by atoms with Crippen molar-refractivity contribution in [2.24, 2.45) is 24.3 Å². The topological polar surface area (TPSA) is 145 Å². The number of methoxy groups -OCH3 is 1. The summed E-state index contributed by atoms with van der Waals surface area (Å²) in [6.45, 7) is 3.33. The molecule has 60 heavy (non-hydrogen) atoms. The molecule has 0 radical (unpaired) electrons. The average Bonchev–Trinajstić information content (AvgIpc) is 3.75. The summed E-state index contributed by atoms with van der Waals surface area (Å²) >= 11 is 0. The summed E-state index contributed by atoms with van der Waals surface area (Å²) in [7, 11) is 3.24. The van der Waals surface area contributed by atoms with Crippen molar-refractivity contribution in [2.75, 3.05) is 32.1 Å². The van der Waals surface area contributed by atoms with Crippen LogP contribution in [0.15, 0.2) is 59.5 Å². The van der Waals surface area contributed by atoms with Crippen LogP contribution in [0.3, 0.4) is 0 Å². The van der Waals surface area contributed by atoms with Gasteiger partial charge in [-0.05, 0) is 124 Å². The van der Waals surface area contributed by atoms with Crippen molar-refractivity contribution in [1.29, 1.82) is 0 Å². The van der Waals surface area contributed by atoms with E-state index in [-0.39, 0.29) is 29.8 Å². The number of para-hydroxylation sites is 1. The summed E-state index contributed by atoms with van der Waals surface area (Å²) < 4.78 is 50.3. The second kappa shape index (κ2) is 15.5. The Labute approximate surface area is 344 Å². The number of fused-ring (bicyclic) bond motifs is 2. The maximum Gasteiger partial charge on any atom is 0.433 e. The Kier molecular flexibility index (Phi) is 10.3. The molecule has 0 bridgehead atoms. The summed E-state index contributed by atoms with van der Waals surface area (Å²) in [5.74, 6) is 0.0446. The van der Waals surface area contributed by atoms with Gasteiger partial charge >= 0.3 is 11.9 Å². The first-order valence-corrected chi connectivity index (χ1v) is 20.9. The van der Waals surface area contributed by atoms with Crippen molar-refractivity contribution >= 4 is 45.3 Å². The molecule has 3 aromatic heterocycles. The number of imidazole rings is 1. The van der Waals surface area contributed by atoms with Crippen LogP contribution in [0, 0.1) is 17.3 Å². The molecule has 13 nitrogen and oxygen atoms in total. The van der Waals surface area contributed by atoms with E-state index in [2.05, 4.69) is 26.6 Å². The minimum absolute atomic E-state index is 0.219. The molecule has 2 aromatic carbocycles. The first-order chi connectivity index (χ1) is 28.8. The van der Waals surface area contributed by atoms with E-state index in [1.165, 1.54) is 38.9 Å². The molecule has 9 rings (SSSR count). The Morgan fingerprint density at radius 2 is 1.73 bits per heavy atom. The average molecular weight is 827 g/mol. The first kappa shape index (κ1) is 39.9. The Morgan fingerprint density at radius 1 is 0.983 bits per heavy atom. The number of nitrogens with zero attached hydrogens (tertiary/aromatic N) is 6. The van der Waals surface area contributed by atoms with E-state index >= 15 is 0 Å². The van der Waals surface area contributed by atoms with Crippen LogP contribution >= 0.6 is 0 Å². The van der Waals surface area contributed by atoms with Crippen molar-refractivity contribution < 1.29 is 32.3 Å². The Hall–Kier alpha value is -5.51. The molecule has 2 aliphatic carbocycles. The zero-order chi connectivity index (χ0) is 41.9. The van der Waals surface area contributed by atoms with Gasteiger partial charge in [0.2, 0.25) is 11.8 Å². The number of hydrogen-bond acceptors (Lipinski definition) is 8. The lowest BCUT2D eigenvalue weighted by Gasteiger charge is -2.53. The van der Waals surface area contributed by atoms with E-state index in [1.54, 1.807) is 28.3 Å². The van der Waals surface area contributed by atoms with Crippen LogP contribution in [0.5, 0.6) is 5.75 Å². The molecule has 5 heterocycles. The fourth-order valence-electron chi connectivity index (χ4n) is 10.5. The number of aryl methyl sites for hydroxylation is 1. The van der Waals surface area contributed by atoms with Gasteiger partial charge in [0.15, 0.2) is 0 Å². The predicted molar refractivity (Wildman–Crippen MR) is 218 cm³/mol. The summed E-state index contributed by atoms with van der Waals surface area (Å²) in [6, 6.07) is 12.2. The van der Waals surface area contributed by atoms with Crippen molar-refractivity contribution in [3.63, 3.8) is 0 Å². The largest absolute Gasteiger partial charge is 0.494 e. The summed E-state index contributed by atoms with van der Waals surface area (Å²) in [5, 5.41) is 10.7. The summed E-state index contributed by atoms with van der Waals surface area (Å²) in [5.41, 5.74) is 2.47. The molecule has 2 saturated carbocycles. The molecule has 5 aromatic rings. The highest BCUT2D eigenvalue weighted by molar-refractivity contribution is 6.05. The first-order valence-electron chi connectivity index (χ1n) is 20.9. The van der Waals surface area contributed by atoms with Gasteiger partial charge in [-0.3, -0.25) is 33.5 Å². The van der Waals surface area contributed by atoms with E-state index in [9.17, 15) is 32.3 Å². The molecule has 16 heteroatoms. The number of alkyl halides is 3. The number of rotatable bonds is 9.